The molecule has 0 spiro atoms. The third-order valence-electron chi connectivity index (χ3n) is 2.41. The van der Waals surface area contributed by atoms with Crippen LogP contribution in [0.1, 0.15) is 11.1 Å². The molecule has 5 nitrogen and oxygen atoms in total. The van der Waals surface area contributed by atoms with E-state index < -0.39 is 0 Å². The molecule has 1 aromatic carbocycles. The van der Waals surface area contributed by atoms with E-state index in [1.807, 2.05) is 12.1 Å². The van der Waals surface area contributed by atoms with Crippen molar-refractivity contribution in [1.82, 2.24) is 5.06 Å². The van der Waals surface area contributed by atoms with Gasteiger partial charge in [-0.3, -0.25) is 9.63 Å². The Kier molecular flexibility index (Phi) is 4.28. The number of benzene rings is 1. The zero-order valence-corrected chi connectivity index (χ0v) is 9.56. The lowest BCUT2D eigenvalue weighted by Crippen LogP contribution is -2.27. The molecular weight excluding hydrogens is 206 g/mol. The van der Waals surface area contributed by atoms with Crippen molar-refractivity contribution < 1.29 is 9.63 Å². The fourth-order valence-electron chi connectivity index (χ4n) is 1.33. The van der Waals surface area contributed by atoms with Crippen LogP contribution in [0.3, 0.4) is 0 Å². The normalized spacial score (nSPS) is 10.2. The van der Waals surface area contributed by atoms with Crippen molar-refractivity contribution in [2.45, 2.75) is 13.0 Å². The molecule has 0 bridgehead atoms. The lowest BCUT2D eigenvalue weighted by atomic mass is 10.1. The van der Waals surface area contributed by atoms with E-state index in [2.05, 4.69) is 0 Å². The highest BCUT2D eigenvalue weighted by molar-refractivity contribution is 5.77. The van der Waals surface area contributed by atoms with E-state index in [-0.39, 0.29) is 12.3 Å². The number of nitrogen functional groups attached to an aromatic ring is 1. The first-order valence-corrected chi connectivity index (χ1v) is 4.96. The number of carbonyl (C=O) groups is 1. The number of nitrogens with two attached hydrogens (primary N) is 2. The molecule has 0 heterocycles. The minimum Gasteiger partial charge on any atom is -0.398 e. The average Bonchev–Trinajstić information content (AvgIpc) is 2.30. The van der Waals surface area contributed by atoms with Crippen LogP contribution in [0.2, 0.25) is 0 Å². The molecule has 5 heteroatoms. The summed E-state index contributed by atoms with van der Waals surface area (Å²) in [6.45, 7) is 0.369. The predicted molar refractivity (Wildman–Crippen MR) is 62.2 cm³/mol. The Morgan fingerprint density at radius 2 is 2.19 bits per heavy atom. The second-order valence-corrected chi connectivity index (χ2v) is 3.49. The molecule has 0 aliphatic heterocycles. The Balaban J connectivity index is 2.78. The summed E-state index contributed by atoms with van der Waals surface area (Å²) in [5, 5.41) is 1.19. The summed E-state index contributed by atoms with van der Waals surface area (Å²) >= 11 is 0. The average molecular weight is 223 g/mol. The van der Waals surface area contributed by atoms with Gasteiger partial charge in [-0.1, -0.05) is 12.1 Å². The van der Waals surface area contributed by atoms with Gasteiger partial charge in [0.15, 0.2) is 0 Å². The molecular formula is C11H17N3O2. The van der Waals surface area contributed by atoms with Crippen LogP contribution >= 0.6 is 0 Å². The number of anilines is 1. The third-order valence-corrected chi connectivity index (χ3v) is 2.41. The summed E-state index contributed by atoms with van der Waals surface area (Å²) in [6.07, 6.45) is 0.275. The topological polar surface area (TPSA) is 81.6 Å². The number of hydrogen-bond acceptors (Lipinski definition) is 4. The highest BCUT2D eigenvalue weighted by atomic mass is 16.7. The number of amides is 1. The summed E-state index contributed by atoms with van der Waals surface area (Å²) < 4.78 is 0. The monoisotopic (exact) mass is 223 g/mol. The van der Waals surface area contributed by atoms with Crippen LogP contribution < -0.4 is 11.5 Å². The van der Waals surface area contributed by atoms with Gasteiger partial charge >= 0.3 is 0 Å². The summed E-state index contributed by atoms with van der Waals surface area (Å²) in [4.78, 5) is 16.4. The van der Waals surface area contributed by atoms with Gasteiger partial charge in [0.05, 0.1) is 13.5 Å². The molecule has 0 aliphatic carbocycles. The molecule has 0 aromatic heterocycles. The van der Waals surface area contributed by atoms with Gasteiger partial charge in [-0.2, -0.15) is 0 Å². The smallest absolute Gasteiger partial charge is 0.250 e. The van der Waals surface area contributed by atoms with E-state index in [4.69, 9.17) is 16.3 Å². The first-order valence-electron chi connectivity index (χ1n) is 4.96. The van der Waals surface area contributed by atoms with Gasteiger partial charge in [-0.05, 0) is 17.2 Å². The molecule has 88 valence electrons. The van der Waals surface area contributed by atoms with Crippen LogP contribution in [0.25, 0.3) is 0 Å². The highest BCUT2D eigenvalue weighted by Crippen LogP contribution is 2.14. The van der Waals surface area contributed by atoms with E-state index in [1.54, 1.807) is 13.1 Å². The molecule has 0 unspecified atom stereocenters. The molecule has 0 atom stereocenters. The maximum atomic E-state index is 11.6. The van der Waals surface area contributed by atoms with Crippen LogP contribution in [-0.4, -0.2) is 25.1 Å². The van der Waals surface area contributed by atoms with Crippen LogP contribution in [0, 0.1) is 0 Å². The molecule has 1 amide bonds. The Hall–Kier alpha value is -1.59. The third kappa shape index (κ3) is 2.95. The SMILES string of the molecule is CON(C)C(=O)Cc1ccc(N)c(CN)c1. The second kappa shape index (κ2) is 5.48. The molecule has 0 fully saturated rings. The van der Waals surface area contributed by atoms with Crippen molar-refractivity contribution in [3.05, 3.63) is 29.3 Å². The molecule has 0 saturated heterocycles. The number of likely N-dealkylation sites (N-methyl/N-ethyl adjacent to an activating group) is 1. The van der Waals surface area contributed by atoms with Crippen LogP contribution in [0.15, 0.2) is 18.2 Å². The Bertz CT molecular complexity index is 379. The van der Waals surface area contributed by atoms with Crippen molar-refractivity contribution in [1.29, 1.82) is 0 Å². The quantitative estimate of drug-likeness (QED) is 0.568. The van der Waals surface area contributed by atoms with Crippen LogP contribution in [0.4, 0.5) is 5.69 Å². The second-order valence-electron chi connectivity index (χ2n) is 3.49. The number of hydrogen-bond donors (Lipinski definition) is 2. The minimum absolute atomic E-state index is 0.116. The van der Waals surface area contributed by atoms with E-state index in [0.29, 0.717) is 12.2 Å². The van der Waals surface area contributed by atoms with Crippen molar-refractivity contribution >= 4 is 11.6 Å². The molecule has 0 aliphatic rings. The summed E-state index contributed by atoms with van der Waals surface area (Å²) in [7, 11) is 3.02. The zero-order chi connectivity index (χ0) is 12.1. The van der Waals surface area contributed by atoms with E-state index in [1.165, 1.54) is 12.2 Å². The Morgan fingerprint density at radius 3 is 2.75 bits per heavy atom. The summed E-state index contributed by atoms with van der Waals surface area (Å²) in [5.74, 6) is -0.116. The molecule has 4 N–H and O–H groups in total. The van der Waals surface area contributed by atoms with E-state index >= 15 is 0 Å². The minimum atomic E-state index is -0.116. The van der Waals surface area contributed by atoms with Gasteiger partial charge < -0.3 is 11.5 Å². The van der Waals surface area contributed by atoms with Gasteiger partial charge in [0.1, 0.15) is 0 Å². The van der Waals surface area contributed by atoms with E-state index in [0.717, 1.165) is 11.1 Å². The summed E-state index contributed by atoms with van der Waals surface area (Å²) in [5.41, 5.74) is 13.6. The van der Waals surface area contributed by atoms with Crippen LogP contribution in [-0.2, 0) is 22.6 Å². The van der Waals surface area contributed by atoms with Crippen molar-refractivity contribution in [2.24, 2.45) is 5.73 Å². The molecule has 0 radical (unpaired) electrons. The molecule has 1 aromatic rings. The van der Waals surface area contributed by atoms with Gasteiger partial charge in [-0.25, -0.2) is 5.06 Å². The van der Waals surface area contributed by atoms with Gasteiger partial charge in [0, 0.05) is 19.3 Å². The maximum Gasteiger partial charge on any atom is 0.250 e. The highest BCUT2D eigenvalue weighted by Gasteiger charge is 2.09. The van der Waals surface area contributed by atoms with Crippen molar-refractivity contribution in [3.63, 3.8) is 0 Å². The summed E-state index contributed by atoms with van der Waals surface area (Å²) in [6, 6.07) is 5.42. The fourth-order valence-corrected chi connectivity index (χ4v) is 1.33. The lowest BCUT2D eigenvalue weighted by Gasteiger charge is -2.14. The van der Waals surface area contributed by atoms with Crippen molar-refractivity contribution in [2.75, 3.05) is 19.9 Å². The first kappa shape index (κ1) is 12.5. The van der Waals surface area contributed by atoms with Gasteiger partial charge in [0.25, 0.3) is 0 Å². The van der Waals surface area contributed by atoms with Gasteiger partial charge in [0.2, 0.25) is 5.91 Å². The largest absolute Gasteiger partial charge is 0.398 e. The Morgan fingerprint density at radius 1 is 1.50 bits per heavy atom. The zero-order valence-electron chi connectivity index (χ0n) is 9.56. The first-order chi connectivity index (χ1) is 7.58. The van der Waals surface area contributed by atoms with Crippen molar-refractivity contribution in [3.8, 4) is 0 Å². The standard InChI is InChI=1S/C11H17N3O2/c1-14(16-2)11(15)6-8-3-4-10(13)9(5-8)7-12/h3-5H,6-7,12-13H2,1-2H3. The van der Waals surface area contributed by atoms with Gasteiger partial charge in [-0.15, -0.1) is 0 Å². The van der Waals surface area contributed by atoms with E-state index in [9.17, 15) is 4.79 Å². The lowest BCUT2D eigenvalue weighted by molar-refractivity contribution is -0.167. The van der Waals surface area contributed by atoms with Crippen LogP contribution in [0.5, 0.6) is 0 Å². The fraction of sp³-hybridized carbons (Fsp3) is 0.364. The molecule has 0 saturated carbocycles. The maximum absolute atomic E-state index is 11.6. The number of nitrogens with zero attached hydrogens (tertiary/aromatic N) is 1. The number of rotatable bonds is 4. The predicted octanol–water partition coefficient (Wildman–Crippen LogP) is 0.290. The number of carbonyl (C=O) groups excluding carboxylic acids is 1. The Labute approximate surface area is 94.9 Å². The molecule has 1 rings (SSSR count). The number of hydroxylamine groups is 2. The molecule has 16 heavy (non-hydrogen) atoms.